The summed E-state index contributed by atoms with van der Waals surface area (Å²) in [5, 5.41) is 5.99. The molecular weight excluding hydrogens is 774 g/mol. The molecule has 5 aromatic heterocycles. The zero-order chi connectivity index (χ0) is 30.9. The van der Waals surface area contributed by atoms with E-state index in [9.17, 15) is 0 Å². The first-order valence-corrected chi connectivity index (χ1v) is 15.5. The van der Waals surface area contributed by atoms with Crippen molar-refractivity contribution in [3.8, 4) is 34.0 Å². The normalized spacial score (nSPS) is 11.6. The Hall–Kier alpha value is -5.84. The molecule has 0 unspecified atom stereocenters. The summed E-state index contributed by atoms with van der Waals surface area (Å²) in [5.74, 6) is 1.16. The summed E-state index contributed by atoms with van der Waals surface area (Å²) in [4.78, 5) is 14.6. The topological polar surface area (TPSA) is 56.7 Å². The third kappa shape index (κ3) is 4.26. The van der Waals surface area contributed by atoms with Crippen molar-refractivity contribution in [3.05, 3.63) is 152 Å². The zero-order valence-electron chi connectivity index (χ0n) is 25.2. The summed E-state index contributed by atoms with van der Waals surface area (Å²) >= 11 is 0. The van der Waals surface area contributed by atoms with Crippen molar-refractivity contribution in [1.82, 2.24) is 23.8 Å². The predicted octanol–water partition coefficient (Wildman–Crippen LogP) is 9.71. The number of para-hydroxylation sites is 1. The molecule has 228 valence electrons. The molecular formula is C41H23N5OPt. The van der Waals surface area contributed by atoms with E-state index in [2.05, 4.69) is 117 Å². The SMILES string of the molecule is [Pt+2].[c-]1c(Oc2[c-]c3c(cc2)c2ccccc2n2c(-c4ccccc4)c(-c4ccccc4)nc32)ccc2c1c1nccn1c1ncccc21. The van der Waals surface area contributed by atoms with Gasteiger partial charge in [-0.15, -0.1) is 12.1 Å². The average molecular weight is 797 g/mol. The third-order valence-corrected chi connectivity index (χ3v) is 8.86. The molecule has 0 saturated carbocycles. The van der Waals surface area contributed by atoms with Crippen LogP contribution in [0.3, 0.4) is 0 Å². The van der Waals surface area contributed by atoms with Crippen molar-refractivity contribution in [3.63, 3.8) is 0 Å². The quantitative estimate of drug-likeness (QED) is 0.132. The van der Waals surface area contributed by atoms with Crippen molar-refractivity contribution in [2.24, 2.45) is 0 Å². The van der Waals surface area contributed by atoms with Gasteiger partial charge in [0.1, 0.15) is 5.65 Å². The Balaban J connectivity index is 0.00000314. The monoisotopic (exact) mass is 796 g/mol. The van der Waals surface area contributed by atoms with E-state index in [1.807, 2.05) is 40.9 Å². The molecule has 0 aliphatic rings. The molecule has 0 amide bonds. The van der Waals surface area contributed by atoms with Crippen LogP contribution in [-0.4, -0.2) is 23.8 Å². The Morgan fingerprint density at radius 1 is 0.521 bits per heavy atom. The van der Waals surface area contributed by atoms with Gasteiger partial charge in [-0.3, -0.25) is 9.97 Å². The van der Waals surface area contributed by atoms with Gasteiger partial charge in [0.25, 0.3) is 0 Å². The number of imidazole rings is 2. The first-order chi connectivity index (χ1) is 23.3. The molecule has 0 fully saturated rings. The fourth-order valence-electron chi connectivity index (χ4n) is 6.83. The van der Waals surface area contributed by atoms with E-state index in [0.717, 1.165) is 77.3 Å². The van der Waals surface area contributed by atoms with Crippen LogP contribution in [0.25, 0.3) is 77.3 Å². The molecule has 5 heterocycles. The van der Waals surface area contributed by atoms with Crippen LogP contribution in [0.2, 0.25) is 0 Å². The minimum absolute atomic E-state index is 0. The molecule has 0 spiro atoms. The van der Waals surface area contributed by atoms with Gasteiger partial charge in [-0.05, 0) is 28.5 Å². The molecule has 5 aromatic carbocycles. The minimum atomic E-state index is 0. The number of aromatic nitrogens is 5. The van der Waals surface area contributed by atoms with Crippen LogP contribution < -0.4 is 4.74 Å². The summed E-state index contributed by atoms with van der Waals surface area (Å²) < 4.78 is 10.8. The summed E-state index contributed by atoms with van der Waals surface area (Å²) in [7, 11) is 0. The van der Waals surface area contributed by atoms with Gasteiger partial charge in [-0.1, -0.05) is 131 Å². The van der Waals surface area contributed by atoms with Gasteiger partial charge < -0.3 is 13.5 Å². The second-order valence-corrected chi connectivity index (χ2v) is 11.5. The second-order valence-electron chi connectivity index (χ2n) is 11.5. The Labute approximate surface area is 289 Å². The van der Waals surface area contributed by atoms with Crippen molar-refractivity contribution in [1.29, 1.82) is 0 Å². The maximum atomic E-state index is 6.50. The van der Waals surface area contributed by atoms with Gasteiger partial charge >= 0.3 is 21.1 Å². The second kappa shape index (κ2) is 11.1. The maximum Gasteiger partial charge on any atom is 2.00 e. The Bertz CT molecular complexity index is 2830. The van der Waals surface area contributed by atoms with Gasteiger partial charge in [0.2, 0.25) is 0 Å². The van der Waals surface area contributed by atoms with Gasteiger partial charge in [-0.25, -0.2) is 4.98 Å². The van der Waals surface area contributed by atoms with Crippen LogP contribution in [0.5, 0.6) is 11.5 Å². The Morgan fingerprint density at radius 3 is 1.92 bits per heavy atom. The van der Waals surface area contributed by atoms with E-state index in [-0.39, 0.29) is 21.1 Å². The number of rotatable bonds is 4. The van der Waals surface area contributed by atoms with Crippen LogP contribution in [0.4, 0.5) is 0 Å². The van der Waals surface area contributed by atoms with Crippen molar-refractivity contribution >= 4 is 54.8 Å². The summed E-state index contributed by atoms with van der Waals surface area (Å²) in [6, 6.07) is 48.5. The third-order valence-electron chi connectivity index (χ3n) is 8.86. The smallest absolute Gasteiger partial charge is 0.497 e. The molecule has 7 heteroatoms. The number of fused-ring (bicyclic) bond motifs is 12. The largest absolute Gasteiger partial charge is 2.00 e. The molecule has 0 aliphatic carbocycles. The van der Waals surface area contributed by atoms with E-state index in [0.29, 0.717) is 11.5 Å². The average Bonchev–Trinajstić information content (AvgIpc) is 3.80. The standard InChI is InChI=1S/C41H23N5O.Pt/c1-3-10-26(11-4-1)37-38(27-12-5-2-6-13-27)46-36-16-8-7-14-32(36)30-19-17-29(25-35(30)41(46)44-37)47-28-18-20-31-33-15-9-21-42-39(33)45-23-22-43-40(45)34(31)24-28;/h1-23H;/q-2;+2. The van der Waals surface area contributed by atoms with Crippen molar-refractivity contribution < 1.29 is 25.8 Å². The van der Waals surface area contributed by atoms with E-state index in [1.54, 1.807) is 12.4 Å². The number of hydrogen-bond acceptors (Lipinski definition) is 4. The number of benzene rings is 5. The number of pyridine rings is 3. The fraction of sp³-hybridized carbons (Fsp3) is 0. The van der Waals surface area contributed by atoms with Crippen LogP contribution >= 0.6 is 0 Å². The Morgan fingerprint density at radius 2 is 1.15 bits per heavy atom. The molecule has 0 atom stereocenters. The van der Waals surface area contributed by atoms with Gasteiger partial charge in [0.05, 0.1) is 22.7 Å². The van der Waals surface area contributed by atoms with Crippen LogP contribution in [-0.2, 0) is 21.1 Å². The molecule has 0 saturated heterocycles. The number of nitrogens with zero attached hydrogens (tertiary/aromatic N) is 5. The van der Waals surface area contributed by atoms with Gasteiger partial charge in [0, 0.05) is 41.2 Å². The first kappa shape index (κ1) is 28.4. The van der Waals surface area contributed by atoms with Crippen LogP contribution in [0.15, 0.2) is 140 Å². The van der Waals surface area contributed by atoms with E-state index in [4.69, 9.17) is 9.72 Å². The number of ether oxygens (including phenoxy) is 1. The first-order valence-electron chi connectivity index (χ1n) is 15.5. The van der Waals surface area contributed by atoms with E-state index >= 15 is 0 Å². The molecule has 10 rings (SSSR count). The molecule has 6 nitrogen and oxygen atoms in total. The summed E-state index contributed by atoms with van der Waals surface area (Å²) in [6.45, 7) is 0. The van der Waals surface area contributed by atoms with Gasteiger partial charge in [0.15, 0.2) is 0 Å². The van der Waals surface area contributed by atoms with Crippen molar-refractivity contribution in [2.45, 2.75) is 0 Å². The molecule has 10 aromatic rings. The fourth-order valence-corrected chi connectivity index (χ4v) is 6.83. The minimum Gasteiger partial charge on any atom is -0.497 e. The van der Waals surface area contributed by atoms with Crippen molar-refractivity contribution in [2.75, 3.05) is 0 Å². The Kier molecular flexibility index (Phi) is 6.59. The van der Waals surface area contributed by atoms with E-state index < -0.39 is 0 Å². The van der Waals surface area contributed by atoms with E-state index in [1.165, 1.54) is 0 Å². The number of hydrogen-bond donors (Lipinski definition) is 0. The molecule has 48 heavy (non-hydrogen) atoms. The predicted molar refractivity (Wildman–Crippen MR) is 187 cm³/mol. The van der Waals surface area contributed by atoms with Crippen LogP contribution in [0.1, 0.15) is 0 Å². The molecule has 0 radical (unpaired) electrons. The molecule has 0 bridgehead atoms. The summed E-state index contributed by atoms with van der Waals surface area (Å²) in [6.07, 6.45) is 5.51. The van der Waals surface area contributed by atoms with Gasteiger partial charge in [-0.2, -0.15) is 0 Å². The zero-order valence-corrected chi connectivity index (χ0v) is 27.5. The summed E-state index contributed by atoms with van der Waals surface area (Å²) in [5.41, 5.74) is 7.65. The van der Waals surface area contributed by atoms with Crippen LogP contribution in [0, 0.1) is 12.1 Å². The molecule has 0 N–H and O–H groups in total. The molecule has 0 aliphatic heterocycles. The maximum absolute atomic E-state index is 6.50.